The molecule has 0 spiro atoms. The van der Waals surface area contributed by atoms with Crippen LogP contribution >= 0.6 is 27.5 Å². The maximum Gasteiger partial charge on any atom is 0.306 e. The lowest BCUT2D eigenvalue weighted by atomic mass is 10.3. The highest BCUT2D eigenvalue weighted by Crippen LogP contribution is 2.26. The lowest BCUT2D eigenvalue weighted by Gasteiger charge is -2.08. The van der Waals surface area contributed by atoms with Crippen LogP contribution in [0.15, 0.2) is 22.7 Å². The molecule has 18 heavy (non-hydrogen) atoms. The lowest BCUT2D eigenvalue weighted by molar-refractivity contribution is -0.140. The van der Waals surface area contributed by atoms with Crippen LogP contribution in [-0.4, -0.2) is 27.2 Å². The first kappa shape index (κ1) is 15.3. The number of halogens is 2. The highest BCUT2D eigenvalue weighted by Gasteiger charge is 2.14. The fourth-order valence-electron chi connectivity index (χ4n) is 1.11. The van der Waals surface area contributed by atoms with Crippen molar-refractivity contribution in [2.75, 3.05) is 17.6 Å². The summed E-state index contributed by atoms with van der Waals surface area (Å²) >= 11 is 8.97. The predicted molar refractivity (Wildman–Crippen MR) is 73.2 cm³/mol. The Morgan fingerprint density at radius 1 is 1.50 bits per heavy atom. The number of methoxy groups -OCH3 is 1. The maximum atomic E-state index is 11.6. The third kappa shape index (κ3) is 4.83. The zero-order valence-corrected chi connectivity index (χ0v) is 12.6. The largest absolute Gasteiger partial charge is 0.469 e. The van der Waals surface area contributed by atoms with Crippen molar-refractivity contribution in [1.29, 1.82) is 0 Å². The number of hydrogen-bond acceptors (Lipinski definition) is 4. The van der Waals surface area contributed by atoms with Crippen molar-refractivity contribution in [2.24, 2.45) is 0 Å². The third-order valence-corrected chi connectivity index (χ3v) is 4.50. The van der Waals surface area contributed by atoms with Crippen LogP contribution in [-0.2, 0) is 19.6 Å². The van der Waals surface area contributed by atoms with Gasteiger partial charge in [0.2, 0.25) is 10.0 Å². The number of carbonyl (C=O) groups is 1. The molecule has 0 aliphatic heterocycles. The summed E-state index contributed by atoms with van der Waals surface area (Å²) in [4.78, 5) is 10.9. The molecular formula is C10H11BrClNO4S. The zero-order chi connectivity index (χ0) is 13.8. The normalized spacial score (nSPS) is 11.1. The van der Waals surface area contributed by atoms with Crippen molar-refractivity contribution in [2.45, 2.75) is 6.42 Å². The molecule has 0 saturated carbocycles. The fraction of sp³-hybridized carbons (Fsp3) is 0.300. The average molecular weight is 357 g/mol. The molecule has 0 unspecified atom stereocenters. The molecule has 8 heteroatoms. The van der Waals surface area contributed by atoms with Crippen molar-refractivity contribution < 1.29 is 17.9 Å². The second-order valence-electron chi connectivity index (χ2n) is 3.38. The highest BCUT2D eigenvalue weighted by atomic mass is 79.9. The van der Waals surface area contributed by atoms with Crippen LogP contribution in [0.25, 0.3) is 0 Å². The lowest BCUT2D eigenvalue weighted by Crippen LogP contribution is -2.19. The number of ether oxygens (including phenoxy) is 1. The van der Waals surface area contributed by atoms with Crippen LogP contribution in [0.1, 0.15) is 6.42 Å². The van der Waals surface area contributed by atoms with Crippen molar-refractivity contribution in [1.82, 2.24) is 0 Å². The van der Waals surface area contributed by atoms with Gasteiger partial charge in [-0.3, -0.25) is 9.52 Å². The molecule has 1 aromatic rings. The summed E-state index contributed by atoms with van der Waals surface area (Å²) in [6, 6.07) is 4.63. The van der Waals surface area contributed by atoms with Crippen LogP contribution in [0.5, 0.6) is 0 Å². The van der Waals surface area contributed by atoms with E-state index in [1.165, 1.54) is 19.2 Å². The summed E-state index contributed by atoms with van der Waals surface area (Å²) in [7, 11) is -2.38. The molecule has 0 bridgehead atoms. The smallest absolute Gasteiger partial charge is 0.306 e. The number of nitrogens with one attached hydrogen (secondary N) is 1. The molecule has 1 aromatic carbocycles. The SMILES string of the molecule is COC(=O)CCS(=O)(=O)Nc1ccc(Cl)c(Br)c1. The molecule has 100 valence electrons. The Kier molecular flexibility index (Phi) is 5.43. The van der Waals surface area contributed by atoms with Gasteiger partial charge in [-0.2, -0.15) is 0 Å². The fourth-order valence-corrected chi connectivity index (χ4v) is 2.63. The van der Waals surface area contributed by atoms with Gasteiger partial charge < -0.3 is 4.74 Å². The van der Waals surface area contributed by atoms with Crippen LogP contribution < -0.4 is 4.72 Å². The Hall–Kier alpha value is -0.790. The summed E-state index contributed by atoms with van der Waals surface area (Å²) in [5, 5.41) is 0.479. The van der Waals surface area contributed by atoms with E-state index in [0.29, 0.717) is 15.2 Å². The number of rotatable bonds is 5. The van der Waals surface area contributed by atoms with Crippen molar-refractivity contribution in [3.8, 4) is 0 Å². The van der Waals surface area contributed by atoms with Gasteiger partial charge in [0.15, 0.2) is 0 Å². The minimum atomic E-state index is -3.58. The molecule has 1 rings (SSSR count). The van der Waals surface area contributed by atoms with Gasteiger partial charge in [0, 0.05) is 10.2 Å². The predicted octanol–water partition coefficient (Wildman–Crippen LogP) is 2.41. The van der Waals surface area contributed by atoms with E-state index in [0.717, 1.165) is 0 Å². The summed E-state index contributed by atoms with van der Waals surface area (Å²) in [6.07, 6.45) is -0.194. The molecule has 0 amide bonds. The van der Waals surface area contributed by atoms with E-state index < -0.39 is 16.0 Å². The van der Waals surface area contributed by atoms with E-state index in [1.807, 2.05) is 0 Å². The van der Waals surface area contributed by atoms with Crippen molar-refractivity contribution >= 4 is 49.2 Å². The summed E-state index contributed by atoms with van der Waals surface area (Å²) in [6.45, 7) is 0. The Morgan fingerprint density at radius 3 is 2.72 bits per heavy atom. The second-order valence-corrected chi connectivity index (χ2v) is 6.48. The number of carbonyl (C=O) groups excluding carboxylic acids is 1. The van der Waals surface area contributed by atoms with E-state index in [-0.39, 0.29) is 12.2 Å². The molecule has 0 aliphatic rings. The van der Waals surface area contributed by atoms with Crippen molar-refractivity contribution in [3.63, 3.8) is 0 Å². The van der Waals surface area contributed by atoms with Crippen LogP contribution in [0.3, 0.4) is 0 Å². The van der Waals surface area contributed by atoms with Gasteiger partial charge in [0.1, 0.15) is 0 Å². The quantitative estimate of drug-likeness (QED) is 0.822. The number of anilines is 1. The second kappa shape index (κ2) is 6.40. The van der Waals surface area contributed by atoms with Gasteiger partial charge in [0.25, 0.3) is 0 Å². The third-order valence-electron chi connectivity index (χ3n) is 2.00. The molecule has 0 aromatic heterocycles. The zero-order valence-electron chi connectivity index (χ0n) is 9.44. The Bertz CT molecular complexity index is 547. The number of hydrogen-bond donors (Lipinski definition) is 1. The molecule has 5 nitrogen and oxygen atoms in total. The van der Waals surface area contributed by atoms with Gasteiger partial charge >= 0.3 is 5.97 Å². The van der Waals surface area contributed by atoms with Crippen LogP contribution in [0, 0.1) is 0 Å². The molecule has 0 heterocycles. The van der Waals surface area contributed by atoms with E-state index in [4.69, 9.17) is 11.6 Å². The minimum absolute atomic E-state index is 0.194. The van der Waals surface area contributed by atoms with Gasteiger partial charge in [-0.25, -0.2) is 8.42 Å². The minimum Gasteiger partial charge on any atom is -0.469 e. The van der Waals surface area contributed by atoms with Crippen LogP contribution in [0.2, 0.25) is 5.02 Å². The first-order valence-electron chi connectivity index (χ1n) is 4.86. The topological polar surface area (TPSA) is 72.5 Å². The molecule has 1 N–H and O–H groups in total. The monoisotopic (exact) mass is 355 g/mol. The summed E-state index contributed by atoms with van der Waals surface area (Å²) in [5.41, 5.74) is 0.371. The molecular weight excluding hydrogens is 346 g/mol. The molecule has 0 aliphatic carbocycles. The van der Waals surface area contributed by atoms with Gasteiger partial charge in [-0.1, -0.05) is 11.6 Å². The van der Waals surface area contributed by atoms with Crippen molar-refractivity contribution in [3.05, 3.63) is 27.7 Å². The molecule has 0 fully saturated rings. The van der Waals surface area contributed by atoms with E-state index in [2.05, 4.69) is 25.4 Å². The van der Waals surface area contributed by atoms with E-state index in [1.54, 1.807) is 6.07 Å². The van der Waals surface area contributed by atoms with E-state index >= 15 is 0 Å². The first-order chi connectivity index (χ1) is 8.34. The number of sulfonamides is 1. The number of esters is 1. The van der Waals surface area contributed by atoms with Gasteiger partial charge in [0.05, 0.1) is 24.3 Å². The average Bonchev–Trinajstić information content (AvgIpc) is 2.30. The highest BCUT2D eigenvalue weighted by molar-refractivity contribution is 9.10. The Morgan fingerprint density at radius 2 is 2.17 bits per heavy atom. The standard InChI is InChI=1S/C10H11BrClNO4S/c1-17-10(14)4-5-18(15,16)13-7-2-3-9(12)8(11)6-7/h2-3,6,13H,4-5H2,1H3. The molecule has 0 atom stereocenters. The molecule has 0 radical (unpaired) electrons. The number of benzene rings is 1. The maximum absolute atomic E-state index is 11.6. The Labute approximate surface area is 119 Å². The van der Waals surface area contributed by atoms with Gasteiger partial charge in [-0.05, 0) is 34.1 Å². The van der Waals surface area contributed by atoms with Gasteiger partial charge in [-0.15, -0.1) is 0 Å². The summed E-state index contributed by atoms with van der Waals surface area (Å²) in [5.74, 6) is -0.905. The summed E-state index contributed by atoms with van der Waals surface area (Å²) < 4.78 is 30.6. The van der Waals surface area contributed by atoms with E-state index in [9.17, 15) is 13.2 Å². The first-order valence-corrected chi connectivity index (χ1v) is 7.69. The molecule has 0 saturated heterocycles. The Balaban J connectivity index is 2.70. The van der Waals surface area contributed by atoms with Crippen LogP contribution in [0.4, 0.5) is 5.69 Å².